The van der Waals surface area contributed by atoms with Crippen LogP contribution in [0.1, 0.15) is 67.2 Å². The zero-order valence-electron chi connectivity index (χ0n) is 13.6. The van der Waals surface area contributed by atoms with Gasteiger partial charge in [-0.3, -0.25) is 4.79 Å². The van der Waals surface area contributed by atoms with Gasteiger partial charge in [-0.2, -0.15) is 0 Å². The second-order valence-corrected chi connectivity index (χ2v) is 5.87. The number of carbonyl (C=O) groups excluding carboxylic acids is 1. The number of fused-ring (bicyclic) bond motifs is 1. The van der Waals surface area contributed by atoms with Gasteiger partial charge in [-0.05, 0) is 31.1 Å². The molecule has 2 fully saturated rings. The summed E-state index contributed by atoms with van der Waals surface area (Å²) in [5.41, 5.74) is 0. The molecule has 0 N–H and O–H groups in total. The summed E-state index contributed by atoms with van der Waals surface area (Å²) in [5, 5.41) is 0. The summed E-state index contributed by atoms with van der Waals surface area (Å²) in [5.74, 6) is 2.97. The van der Waals surface area contributed by atoms with Crippen molar-refractivity contribution in [2.24, 2.45) is 29.6 Å². The van der Waals surface area contributed by atoms with Crippen molar-refractivity contribution in [3.63, 3.8) is 0 Å². The SMILES string of the molecule is CC.CCC1CC2C(=O)OC(C)C2C(CC)C1CC. The molecule has 2 nitrogen and oxygen atoms in total. The van der Waals surface area contributed by atoms with E-state index >= 15 is 0 Å². The van der Waals surface area contributed by atoms with E-state index in [-0.39, 0.29) is 18.0 Å². The van der Waals surface area contributed by atoms with Gasteiger partial charge in [0.2, 0.25) is 0 Å². The maximum Gasteiger partial charge on any atom is 0.309 e. The Bertz CT molecular complexity index is 287. The molecule has 1 saturated carbocycles. The van der Waals surface area contributed by atoms with Crippen LogP contribution >= 0.6 is 0 Å². The summed E-state index contributed by atoms with van der Waals surface area (Å²) in [6, 6.07) is 0. The summed E-state index contributed by atoms with van der Waals surface area (Å²) >= 11 is 0. The molecule has 2 heteroatoms. The molecule has 19 heavy (non-hydrogen) atoms. The summed E-state index contributed by atoms with van der Waals surface area (Å²) in [6.45, 7) is 12.9. The Morgan fingerprint density at radius 1 is 1.05 bits per heavy atom. The van der Waals surface area contributed by atoms with Crippen molar-refractivity contribution in [1.29, 1.82) is 0 Å². The third-order valence-electron chi connectivity index (χ3n) is 5.29. The van der Waals surface area contributed by atoms with Crippen LogP contribution < -0.4 is 0 Å². The summed E-state index contributed by atoms with van der Waals surface area (Å²) in [6.07, 6.45) is 4.86. The van der Waals surface area contributed by atoms with E-state index in [2.05, 4.69) is 27.7 Å². The van der Waals surface area contributed by atoms with Crippen molar-refractivity contribution in [1.82, 2.24) is 0 Å². The molecule has 1 saturated heterocycles. The fraction of sp³-hybridized carbons (Fsp3) is 0.941. The largest absolute Gasteiger partial charge is 0.462 e. The number of ether oxygens (including phenoxy) is 1. The molecule has 6 unspecified atom stereocenters. The van der Waals surface area contributed by atoms with Gasteiger partial charge in [-0.25, -0.2) is 0 Å². The highest BCUT2D eigenvalue weighted by Crippen LogP contribution is 2.51. The van der Waals surface area contributed by atoms with Crippen molar-refractivity contribution in [2.45, 2.75) is 73.3 Å². The van der Waals surface area contributed by atoms with Gasteiger partial charge in [0.05, 0.1) is 5.92 Å². The van der Waals surface area contributed by atoms with Crippen LogP contribution in [0.4, 0.5) is 0 Å². The fourth-order valence-corrected chi connectivity index (χ4v) is 4.55. The third kappa shape index (κ3) is 2.98. The van der Waals surface area contributed by atoms with Crippen molar-refractivity contribution in [3.05, 3.63) is 0 Å². The van der Waals surface area contributed by atoms with Gasteiger partial charge in [0.15, 0.2) is 0 Å². The fourth-order valence-electron chi connectivity index (χ4n) is 4.55. The smallest absolute Gasteiger partial charge is 0.309 e. The van der Waals surface area contributed by atoms with E-state index in [0.717, 1.165) is 18.3 Å². The number of hydrogen-bond acceptors (Lipinski definition) is 2. The van der Waals surface area contributed by atoms with Gasteiger partial charge in [0.25, 0.3) is 0 Å². The lowest BCUT2D eigenvalue weighted by Gasteiger charge is -2.43. The summed E-state index contributed by atoms with van der Waals surface area (Å²) in [7, 11) is 0. The van der Waals surface area contributed by atoms with Crippen LogP contribution in [0, 0.1) is 29.6 Å². The Morgan fingerprint density at radius 3 is 2.11 bits per heavy atom. The van der Waals surface area contributed by atoms with Crippen LogP contribution in [0.2, 0.25) is 0 Å². The summed E-state index contributed by atoms with van der Waals surface area (Å²) in [4.78, 5) is 11.9. The lowest BCUT2D eigenvalue weighted by Crippen LogP contribution is -2.41. The van der Waals surface area contributed by atoms with Crippen LogP contribution in [0.3, 0.4) is 0 Å². The lowest BCUT2D eigenvalue weighted by molar-refractivity contribution is -0.144. The minimum absolute atomic E-state index is 0.0777. The Kier molecular flexibility index (Phi) is 6.35. The molecule has 0 aromatic carbocycles. The van der Waals surface area contributed by atoms with Gasteiger partial charge in [-0.1, -0.05) is 53.9 Å². The van der Waals surface area contributed by atoms with Crippen LogP contribution in [0.15, 0.2) is 0 Å². The predicted molar refractivity (Wildman–Crippen MR) is 79.8 cm³/mol. The molecular formula is C17H32O2. The first-order valence-electron chi connectivity index (χ1n) is 8.34. The topological polar surface area (TPSA) is 26.3 Å². The molecule has 0 aromatic heterocycles. The van der Waals surface area contributed by atoms with Crippen molar-refractivity contribution >= 4 is 5.97 Å². The Morgan fingerprint density at radius 2 is 1.63 bits per heavy atom. The van der Waals surface area contributed by atoms with Crippen LogP contribution in [0.25, 0.3) is 0 Å². The molecule has 0 amide bonds. The quantitative estimate of drug-likeness (QED) is 0.695. The lowest BCUT2D eigenvalue weighted by atomic mass is 9.59. The van der Waals surface area contributed by atoms with E-state index < -0.39 is 0 Å². The highest BCUT2D eigenvalue weighted by atomic mass is 16.6. The number of hydrogen-bond donors (Lipinski definition) is 0. The molecule has 2 aliphatic rings. The number of esters is 1. The van der Waals surface area contributed by atoms with E-state index in [1.807, 2.05) is 13.8 Å². The monoisotopic (exact) mass is 268 g/mol. The second kappa shape index (κ2) is 7.31. The Balaban J connectivity index is 0.000000861. The second-order valence-electron chi connectivity index (χ2n) is 5.87. The first-order valence-corrected chi connectivity index (χ1v) is 8.34. The molecule has 0 bridgehead atoms. The molecular weight excluding hydrogens is 236 g/mol. The first-order chi connectivity index (χ1) is 9.13. The maximum atomic E-state index is 11.9. The van der Waals surface area contributed by atoms with E-state index in [0.29, 0.717) is 11.8 Å². The molecule has 1 heterocycles. The van der Waals surface area contributed by atoms with E-state index in [1.165, 1.54) is 19.3 Å². The van der Waals surface area contributed by atoms with Crippen LogP contribution in [-0.2, 0) is 9.53 Å². The average molecular weight is 268 g/mol. The number of rotatable bonds is 3. The third-order valence-corrected chi connectivity index (χ3v) is 5.29. The number of cyclic esters (lactones) is 1. The van der Waals surface area contributed by atoms with Gasteiger partial charge >= 0.3 is 5.97 Å². The average Bonchev–Trinajstić information content (AvgIpc) is 2.73. The van der Waals surface area contributed by atoms with Crippen LogP contribution in [0.5, 0.6) is 0 Å². The number of carbonyl (C=O) groups is 1. The zero-order valence-corrected chi connectivity index (χ0v) is 13.6. The van der Waals surface area contributed by atoms with Gasteiger partial charge in [0.1, 0.15) is 6.10 Å². The molecule has 2 rings (SSSR count). The van der Waals surface area contributed by atoms with Gasteiger partial charge in [-0.15, -0.1) is 0 Å². The highest BCUT2D eigenvalue weighted by Gasteiger charge is 2.52. The van der Waals surface area contributed by atoms with Crippen molar-refractivity contribution in [3.8, 4) is 0 Å². The zero-order chi connectivity index (χ0) is 14.6. The maximum absolute atomic E-state index is 11.9. The van der Waals surface area contributed by atoms with Crippen LogP contribution in [-0.4, -0.2) is 12.1 Å². The normalized spacial score (nSPS) is 41.1. The standard InChI is InChI=1S/C15H26O2.C2H6/c1-5-10-8-13-14(9(4)17-15(13)16)12(7-3)11(10)6-2;1-2/h9-14H,5-8H2,1-4H3;1-2H3. The summed E-state index contributed by atoms with van der Waals surface area (Å²) < 4.78 is 5.49. The highest BCUT2D eigenvalue weighted by molar-refractivity contribution is 5.75. The molecule has 1 aliphatic heterocycles. The molecule has 112 valence electrons. The Hall–Kier alpha value is -0.530. The minimum Gasteiger partial charge on any atom is -0.462 e. The van der Waals surface area contributed by atoms with Crippen molar-refractivity contribution in [2.75, 3.05) is 0 Å². The van der Waals surface area contributed by atoms with E-state index in [1.54, 1.807) is 0 Å². The molecule has 0 spiro atoms. The Labute approximate surface area is 119 Å². The first kappa shape index (κ1) is 16.5. The minimum atomic E-state index is 0.0777. The molecule has 1 aliphatic carbocycles. The van der Waals surface area contributed by atoms with Gasteiger partial charge in [0, 0.05) is 5.92 Å². The molecule has 0 radical (unpaired) electrons. The van der Waals surface area contributed by atoms with Crippen molar-refractivity contribution < 1.29 is 9.53 Å². The van der Waals surface area contributed by atoms with Gasteiger partial charge < -0.3 is 4.74 Å². The van der Waals surface area contributed by atoms with E-state index in [4.69, 9.17) is 4.74 Å². The molecule has 0 aromatic rings. The molecule has 6 atom stereocenters. The van der Waals surface area contributed by atoms with E-state index in [9.17, 15) is 4.79 Å². The predicted octanol–water partition coefficient (Wildman–Crippen LogP) is 4.67.